The first-order valence-electron chi connectivity index (χ1n) is 9.14. The Bertz CT molecular complexity index is 1090. The number of fused-ring (bicyclic) bond motifs is 1. The average molecular weight is 430 g/mol. The molecule has 0 N–H and O–H groups in total. The van der Waals surface area contributed by atoms with Crippen LogP contribution in [-0.2, 0) is 20.8 Å². The summed E-state index contributed by atoms with van der Waals surface area (Å²) in [6.45, 7) is 6.68. The molecule has 0 unspecified atom stereocenters. The smallest absolute Gasteiger partial charge is 0.365 e. The largest absolute Gasteiger partial charge is 0.436 e. The number of hydrogen-bond donors (Lipinski definition) is 0. The highest BCUT2D eigenvalue weighted by Gasteiger charge is 2.24. The van der Waals surface area contributed by atoms with E-state index in [0.717, 1.165) is 10.8 Å². The van der Waals surface area contributed by atoms with Crippen LogP contribution in [0.1, 0.15) is 24.3 Å². The second kappa shape index (κ2) is 9.41. The lowest BCUT2D eigenvalue weighted by molar-refractivity contribution is -0.155. The monoisotopic (exact) mass is 429 g/mol. The lowest BCUT2D eigenvalue weighted by Gasteiger charge is -2.10. The normalized spacial score (nSPS) is 10.8. The fourth-order valence-corrected chi connectivity index (χ4v) is 2.74. The number of ether oxygens (including phenoxy) is 3. The van der Waals surface area contributed by atoms with Crippen molar-refractivity contribution in [3.05, 3.63) is 59.8 Å². The number of benzene rings is 2. The molecular weight excluding hydrogens is 410 g/mol. The van der Waals surface area contributed by atoms with Crippen molar-refractivity contribution in [1.29, 1.82) is 0 Å². The lowest BCUT2D eigenvalue weighted by atomic mass is 10.1. The summed E-state index contributed by atoms with van der Waals surface area (Å²) < 4.78 is 17.0. The third-order valence-corrected chi connectivity index (χ3v) is 4.29. The van der Waals surface area contributed by atoms with E-state index < -0.39 is 18.7 Å². The van der Waals surface area contributed by atoms with E-state index in [1.165, 1.54) is 4.68 Å². The van der Waals surface area contributed by atoms with Crippen molar-refractivity contribution >= 4 is 34.3 Å². The third kappa shape index (κ3) is 4.96. The Morgan fingerprint density at radius 3 is 2.63 bits per heavy atom. The van der Waals surface area contributed by atoms with Crippen LogP contribution in [0.2, 0.25) is 5.02 Å². The molecular formula is C21H20ClN3O5. The van der Waals surface area contributed by atoms with Gasteiger partial charge in [0.25, 0.3) is 5.88 Å². The van der Waals surface area contributed by atoms with E-state index in [0.29, 0.717) is 10.8 Å². The second-order valence-corrected chi connectivity index (χ2v) is 7.07. The van der Waals surface area contributed by atoms with Gasteiger partial charge in [-0.3, -0.25) is 4.79 Å². The maximum absolute atomic E-state index is 12.6. The van der Waals surface area contributed by atoms with Crippen molar-refractivity contribution in [3.63, 3.8) is 0 Å². The Labute approximate surface area is 178 Å². The summed E-state index contributed by atoms with van der Waals surface area (Å²) in [4.78, 5) is 24.1. The molecule has 0 aliphatic heterocycles. The Hall–Kier alpha value is -3.39. The quantitative estimate of drug-likeness (QED) is 0.298. The molecule has 156 valence electrons. The summed E-state index contributed by atoms with van der Waals surface area (Å²) >= 11 is 6.01. The summed E-state index contributed by atoms with van der Waals surface area (Å²) in [5.74, 6) is -1.19. The molecule has 1 heterocycles. The molecule has 0 saturated carbocycles. The molecule has 0 saturated heterocycles. The highest BCUT2D eigenvalue weighted by atomic mass is 35.5. The van der Waals surface area contributed by atoms with Gasteiger partial charge in [0.2, 0.25) is 12.5 Å². The van der Waals surface area contributed by atoms with Crippen molar-refractivity contribution in [2.24, 2.45) is 5.92 Å². The van der Waals surface area contributed by atoms with Gasteiger partial charge in [0, 0.05) is 5.02 Å². The summed E-state index contributed by atoms with van der Waals surface area (Å²) in [7, 11) is 0. The Morgan fingerprint density at radius 1 is 1.17 bits per heavy atom. The van der Waals surface area contributed by atoms with Crippen LogP contribution in [0.5, 0.6) is 11.6 Å². The molecule has 9 heteroatoms. The van der Waals surface area contributed by atoms with Gasteiger partial charge in [-0.25, -0.2) is 9.48 Å². The first kappa shape index (κ1) is 21.3. The van der Waals surface area contributed by atoms with Crippen LogP contribution in [0.25, 0.3) is 10.8 Å². The van der Waals surface area contributed by atoms with Gasteiger partial charge in [-0.1, -0.05) is 54.0 Å². The molecule has 3 rings (SSSR count). The number of carbonyl (C=O) groups is 2. The molecule has 0 aliphatic rings. The SMILES string of the molecule is C=CCn1nnc(Oc2ccc3cc(Cl)ccc3c2)c1C(=O)OCOC(=O)C(C)C. The summed E-state index contributed by atoms with van der Waals surface area (Å²) in [6.07, 6.45) is 1.55. The number of halogens is 1. The van der Waals surface area contributed by atoms with Gasteiger partial charge < -0.3 is 14.2 Å². The molecule has 1 aromatic heterocycles. The van der Waals surface area contributed by atoms with Gasteiger partial charge in [0.05, 0.1) is 12.5 Å². The summed E-state index contributed by atoms with van der Waals surface area (Å²) in [6, 6.07) is 10.8. The van der Waals surface area contributed by atoms with Crippen LogP contribution >= 0.6 is 11.6 Å². The van der Waals surface area contributed by atoms with Crippen molar-refractivity contribution in [1.82, 2.24) is 15.0 Å². The van der Waals surface area contributed by atoms with Gasteiger partial charge >= 0.3 is 11.9 Å². The minimum Gasteiger partial charge on any atom is -0.436 e. The lowest BCUT2D eigenvalue weighted by Crippen LogP contribution is -2.19. The molecule has 0 bridgehead atoms. The number of carbonyl (C=O) groups excluding carboxylic acids is 2. The zero-order valence-corrected chi connectivity index (χ0v) is 17.3. The fraction of sp³-hybridized carbons (Fsp3) is 0.238. The topological polar surface area (TPSA) is 92.5 Å². The van der Waals surface area contributed by atoms with Gasteiger partial charge in [0.1, 0.15) is 5.75 Å². The van der Waals surface area contributed by atoms with Crippen LogP contribution in [0.4, 0.5) is 0 Å². The average Bonchev–Trinajstić information content (AvgIpc) is 3.10. The number of allylic oxidation sites excluding steroid dienone is 1. The molecule has 0 spiro atoms. The Balaban J connectivity index is 1.81. The second-order valence-electron chi connectivity index (χ2n) is 6.64. The standard InChI is InChI=1S/C21H20ClN3O5/c1-4-9-25-18(21(27)29-12-28-20(26)13(2)3)19(23-24-25)30-17-8-6-14-10-16(22)7-5-15(14)11-17/h4-8,10-11,13H,1,9,12H2,2-3H3. The van der Waals surface area contributed by atoms with Crippen molar-refractivity contribution < 1.29 is 23.8 Å². The third-order valence-electron chi connectivity index (χ3n) is 4.05. The number of nitrogens with zero attached hydrogens (tertiary/aromatic N) is 3. The highest BCUT2D eigenvalue weighted by molar-refractivity contribution is 6.31. The minimum atomic E-state index is -0.791. The predicted octanol–water partition coefficient (Wildman–Crippen LogP) is 4.38. The highest BCUT2D eigenvalue weighted by Crippen LogP contribution is 2.28. The number of rotatable bonds is 8. The van der Waals surface area contributed by atoms with Crippen molar-refractivity contribution in [2.45, 2.75) is 20.4 Å². The summed E-state index contributed by atoms with van der Waals surface area (Å²) in [5.41, 5.74) is -0.0216. The van der Waals surface area contributed by atoms with E-state index in [-0.39, 0.29) is 24.0 Å². The molecule has 0 aliphatic carbocycles. The molecule has 3 aromatic rings. The number of hydrogen-bond acceptors (Lipinski definition) is 7. The molecule has 0 radical (unpaired) electrons. The van der Waals surface area contributed by atoms with Crippen LogP contribution in [0, 0.1) is 5.92 Å². The first-order chi connectivity index (χ1) is 14.4. The van der Waals surface area contributed by atoms with Crippen LogP contribution < -0.4 is 4.74 Å². The minimum absolute atomic E-state index is 0.0216. The summed E-state index contributed by atoms with van der Waals surface area (Å²) in [5, 5.41) is 10.3. The van der Waals surface area contributed by atoms with E-state index in [1.807, 2.05) is 18.2 Å². The number of esters is 2. The molecule has 0 atom stereocenters. The van der Waals surface area contributed by atoms with E-state index in [2.05, 4.69) is 16.9 Å². The molecule has 8 nitrogen and oxygen atoms in total. The van der Waals surface area contributed by atoms with Gasteiger partial charge in [-0.15, -0.1) is 6.58 Å². The van der Waals surface area contributed by atoms with E-state index >= 15 is 0 Å². The van der Waals surface area contributed by atoms with Crippen LogP contribution in [0.15, 0.2) is 49.1 Å². The molecule has 2 aromatic carbocycles. The first-order valence-corrected chi connectivity index (χ1v) is 9.52. The van der Waals surface area contributed by atoms with Crippen LogP contribution in [0.3, 0.4) is 0 Å². The fourth-order valence-electron chi connectivity index (χ4n) is 2.55. The maximum Gasteiger partial charge on any atom is 0.365 e. The van der Waals surface area contributed by atoms with Crippen molar-refractivity contribution in [3.8, 4) is 11.6 Å². The molecule has 30 heavy (non-hydrogen) atoms. The Kier molecular flexibility index (Phi) is 6.68. The van der Waals surface area contributed by atoms with E-state index in [4.69, 9.17) is 25.8 Å². The molecule has 0 fully saturated rings. The molecule has 0 amide bonds. The van der Waals surface area contributed by atoms with Gasteiger partial charge in [-0.05, 0) is 35.0 Å². The zero-order valence-electron chi connectivity index (χ0n) is 16.5. The predicted molar refractivity (Wildman–Crippen MR) is 110 cm³/mol. The van der Waals surface area contributed by atoms with Crippen molar-refractivity contribution in [2.75, 3.05) is 6.79 Å². The van der Waals surface area contributed by atoms with E-state index in [1.54, 1.807) is 38.1 Å². The van der Waals surface area contributed by atoms with E-state index in [9.17, 15) is 9.59 Å². The van der Waals surface area contributed by atoms with Gasteiger partial charge in [0.15, 0.2) is 0 Å². The Morgan fingerprint density at radius 2 is 1.90 bits per heavy atom. The maximum atomic E-state index is 12.6. The van der Waals surface area contributed by atoms with Crippen LogP contribution in [-0.4, -0.2) is 33.7 Å². The number of aromatic nitrogens is 3. The zero-order chi connectivity index (χ0) is 21.7. The van der Waals surface area contributed by atoms with Gasteiger partial charge in [-0.2, -0.15) is 0 Å².